The molecule has 2 aliphatic heterocycles. The zero-order valence-corrected chi connectivity index (χ0v) is 57.2. The molecule has 0 amide bonds. The van der Waals surface area contributed by atoms with Crippen LogP contribution in [-0.4, -0.2) is 26.4 Å². The molecule has 2 saturated heterocycles. The fourth-order valence-electron chi connectivity index (χ4n) is 14.7. The lowest BCUT2D eigenvalue weighted by Crippen LogP contribution is -2.64. The summed E-state index contributed by atoms with van der Waals surface area (Å²) in [4.78, 5) is 0. The Hall–Kier alpha value is -12.3. The predicted molar refractivity (Wildman–Crippen MR) is 332 cm³/mol. The fourth-order valence-corrected chi connectivity index (χ4v) is 14.7. The molecule has 12 aromatic rings. The highest BCUT2D eigenvalue weighted by molar-refractivity contribution is 6.11. The standard InChI is InChI=1S/C78H16F40O4/c79-37-27(38(80)54(96)69(111)53(37)95)19-11-15(23(31-41(83)57(99)71(113)58(100)42(31)84)29(35-49(91)65(107)75(117)66(108)50(35)92)25(19)33-45(87)61(103)73(115)62(104)46(33)88)13-1-3-21-17(9-13)18-10-14(2-4-22(18)78-77(21,119-5-7-121-78)120-6-8-122-78)16-12-20(28-39(81)55(97)70(112)56(98)40(28)82)26(34-47(89)63(105)74(116)64(106)48(34)90)30(36-51(93)67(109)76(118)68(110)52(36)94)24(16)32-43(85)59(101)72(114)60(102)44(32)86/h1-4,9-12H,5-8H2. The first-order valence-corrected chi connectivity index (χ1v) is 32.7. The van der Waals surface area contributed by atoms with Gasteiger partial charge in [-0.15, -0.1) is 0 Å². The minimum atomic E-state index is -3.64. The average Bonchev–Trinajstić information content (AvgIpc) is 0.677. The molecule has 2 fully saturated rings. The van der Waals surface area contributed by atoms with Crippen molar-refractivity contribution in [2.75, 3.05) is 26.4 Å². The summed E-state index contributed by atoms with van der Waals surface area (Å²) < 4.78 is 677. The van der Waals surface area contributed by atoms with Crippen molar-refractivity contribution >= 4 is 0 Å². The van der Waals surface area contributed by atoms with Gasteiger partial charge in [-0.1, -0.05) is 24.3 Å². The van der Waals surface area contributed by atoms with Crippen LogP contribution in [-0.2, 0) is 30.5 Å². The van der Waals surface area contributed by atoms with Gasteiger partial charge >= 0.3 is 0 Å². The van der Waals surface area contributed by atoms with Gasteiger partial charge < -0.3 is 18.9 Å². The van der Waals surface area contributed by atoms with Crippen molar-refractivity contribution in [3.63, 3.8) is 0 Å². The normalized spacial score (nSPS) is 15.7. The van der Waals surface area contributed by atoms with Crippen molar-refractivity contribution in [1.82, 2.24) is 0 Å². The van der Waals surface area contributed by atoms with E-state index in [-0.39, 0.29) is 24.3 Å². The maximum Gasteiger partial charge on any atom is 0.256 e. The first-order chi connectivity index (χ1) is 57.2. The number of fused-ring (bicyclic) bond motifs is 3. The Bertz CT molecular complexity index is 6160. The lowest BCUT2D eigenvalue weighted by atomic mass is 9.72. The van der Waals surface area contributed by atoms with Crippen LogP contribution in [0.15, 0.2) is 48.5 Å². The molecule has 2 heterocycles. The minimum Gasteiger partial charge on any atom is -0.339 e. The van der Waals surface area contributed by atoms with E-state index >= 15 is 176 Å². The summed E-state index contributed by atoms with van der Waals surface area (Å²) in [5, 5.41) is 0. The molecule has 0 bridgehead atoms. The van der Waals surface area contributed by atoms with Crippen LogP contribution in [0.1, 0.15) is 11.1 Å². The summed E-state index contributed by atoms with van der Waals surface area (Å²) in [6.45, 7) is -3.49. The summed E-state index contributed by atoms with van der Waals surface area (Å²) in [5.74, 6) is -146. The topological polar surface area (TPSA) is 36.9 Å². The van der Waals surface area contributed by atoms with Crippen LogP contribution in [0.4, 0.5) is 176 Å². The molecule has 0 spiro atoms. The van der Waals surface area contributed by atoms with Crippen LogP contribution < -0.4 is 0 Å². The summed E-state index contributed by atoms with van der Waals surface area (Å²) in [7, 11) is 0. The number of rotatable bonds is 10. The van der Waals surface area contributed by atoms with E-state index in [4.69, 9.17) is 18.9 Å². The van der Waals surface area contributed by atoms with Crippen molar-refractivity contribution in [3.05, 3.63) is 292 Å². The molecule has 15 rings (SSSR count). The first-order valence-electron chi connectivity index (χ1n) is 32.7. The second-order valence-electron chi connectivity index (χ2n) is 25.9. The second kappa shape index (κ2) is 29.2. The molecule has 0 atom stereocenters. The van der Waals surface area contributed by atoms with Crippen LogP contribution >= 0.6 is 0 Å². The van der Waals surface area contributed by atoms with Crippen LogP contribution in [0.25, 0.3) is 122 Å². The Morgan fingerprint density at radius 1 is 0.139 bits per heavy atom. The van der Waals surface area contributed by atoms with Crippen LogP contribution in [0, 0.1) is 233 Å². The van der Waals surface area contributed by atoms with Gasteiger partial charge in [0.05, 0.1) is 70.9 Å². The molecule has 12 aromatic carbocycles. The van der Waals surface area contributed by atoms with E-state index in [1.165, 1.54) is 0 Å². The van der Waals surface area contributed by atoms with Crippen LogP contribution in [0.2, 0.25) is 0 Å². The molecular weight excluding hydrogens is 1760 g/mol. The van der Waals surface area contributed by atoms with Gasteiger partial charge in [-0.25, -0.2) is 176 Å². The molecule has 632 valence electrons. The monoisotopic (exact) mass is 1780 g/mol. The van der Waals surface area contributed by atoms with Crippen molar-refractivity contribution in [3.8, 4) is 122 Å². The maximum atomic E-state index is 17.3. The number of benzene rings is 12. The smallest absolute Gasteiger partial charge is 0.256 e. The first kappa shape index (κ1) is 84.7. The van der Waals surface area contributed by atoms with E-state index in [0.717, 1.165) is 0 Å². The third-order valence-electron chi connectivity index (χ3n) is 19.9. The molecular formula is C78H16F40O4. The SMILES string of the molecule is Fc1c(F)c(F)c(-c2cc(-c3ccc4c(c3)-c3cc(-c5cc(-c6c(F)c(F)c(F)c(F)c6F)c(-c6c(F)c(F)c(F)c(F)c6F)c(-c6c(F)c(F)c(F)c(F)c6F)c5-c5c(F)c(F)c(F)c(F)c5F)ccc3C35OCCOC43OCCO5)c(-c3c(F)c(F)c(F)c(F)c3F)c(-c3c(F)c(F)c(F)c(F)c3F)c2-c2c(F)c(F)c(F)c(F)c2F)c(F)c1F. The zero-order chi connectivity index (χ0) is 89.3. The van der Waals surface area contributed by atoms with E-state index in [2.05, 4.69) is 0 Å². The van der Waals surface area contributed by atoms with E-state index in [9.17, 15) is 0 Å². The van der Waals surface area contributed by atoms with Crippen molar-refractivity contribution in [2.45, 2.75) is 11.6 Å². The number of halogens is 40. The minimum absolute atomic E-state index is 0.0535. The van der Waals surface area contributed by atoms with Gasteiger partial charge in [0.15, 0.2) is 186 Å². The van der Waals surface area contributed by atoms with Gasteiger partial charge in [0.1, 0.15) is 0 Å². The summed E-state index contributed by atoms with van der Waals surface area (Å²) in [6, 6.07) is -0.276. The number of hydrogen-bond acceptors (Lipinski definition) is 4. The average molecular weight is 1780 g/mol. The summed E-state index contributed by atoms with van der Waals surface area (Å²) in [5.41, 5.74) is -61.6. The van der Waals surface area contributed by atoms with Crippen molar-refractivity contribution in [2.24, 2.45) is 0 Å². The molecule has 0 unspecified atom stereocenters. The van der Waals surface area contributed by atoms with E-state index in [1.807, 2.05) is 0 Å². The highest BCUT2D eigenvalue weighted by Crippen LogP contribution is 2.64. The lowest BCUT2D eigenvalue weighted by molar-refractivity contribution is -0.483. The quantitative estimate of drug-likeness (QED) is 0.0777. The lowest BCUT2D eigenvalue weighted by Gasteiger charge is -2.56. The van der Waals surface area contributed by atoms with Gasteiger partial charge in [0.2, 0.25) is 46.5 Å². The second-order valence-corrected chi connectivity index (χ2v) is 25.9. The Morgan fingerprint density at radius 2 is 0.287 bits per heavy atom. The molecule has 1 aliphatic carbocycles. The maximum absolute atomic E-state index is 17.3. The Morgan fingerprint density at radius 3 is 0.467 bits per heavy atom. The van der Waals surface area contributed by atoms with Crippen molar-refractivity contribution < 1.29 is 195 Å². The Kier molecular flexibility index (Phi) is 20.3. The third-order valence-corrected chi connectivity index (χ3v) is 19.9. The van der Waals surface area contributed by atoms with Gasteiger partial charge in [-0.05, 0) is 68.8 Å². The van der Waals surface area contributed by atoms with Gasteiger partial charge in [-0.3, -0.25) is 0 Å². The molecule has 0 saturated carbocycles. The van der Waals surface area contributed by atoms with E-state index in [0.29, 0.717) is 12.1 Å². The molecule has 0 aromatic heterocycles. The highest BCUT2D eigenvalue weighted by atomic mass is 19.2. The van der Waals surface area contributed by atoms with Crippen molar-refractivity contribution in [1.29, 1.82) is 0 Å². The van der Waals surface area contributed by atoms with E-state index in [1.54, 1.807) is 0 Å². The van der Waals surface area contributed by atoms with Gasteiger partial charge in [0, 0.05) is 44.5 Å². The fraction of sp³-hybridized carbons (Fsp3) is 0.0769. The number of hydrogen-bond donors (Lipinski definition) is 0. The molecule has 0 N–H and O–H groups in total. The molecule has 3 aliphatic rings. The largest absolute Gasteiger partial charge is 0.339 e. The molecule has 0 radical (unpaired) electrons. The molecule has 122 heavy (non-hydrogen) atoms. The summed E-state index contributed by atoms with van der Waals surface area (Å²) >= 11 is 0. The predicted octanol–water partition coefficient (Wildman–Crippen LogP) is 25.0. The Balaban J connectivity index is 1.22. The molecule has 4 nitrogen and oxygen atoms in total. The third kappa shape index (κ3) is 11.3. The van der Waals surface area contributed by atoms with Crippen LogP contribution in [0.5, 0.6) is 0 Å². The number of ether oxygens (including phenoxy) is 4. The van der Waals surface area contributed by atoms with Gasteiger partial charge in [-0.2, -0.15) is 0 Å². The van der Waals surface area contributed by atoms with E-state index < -0.39 is 416 Å². The van der Waals surface area contributed by atoms with Gasteiger partial charge in [0.25, 0.3) is 11.6 Å². The Labute approximate surface area is 645 Å². The van der Waals surface area contributed by atoms with Crippen LogP contribution in [0.3, 0.4) is 0 Å². The highest BCUT2D eigenvalue weighted by Gasteiger charge is 2.67. The zero-order valence-electron chi connectivity index (χ0n) is 57.2. The summed E-state index contributed by atoms with van der Waals surface area (Å²) in [6.07, 6.45) is 0. The molecule has 44 heteroatoms.